The van der Waals surface area contributed by atoms with E-state index in [0.717, 1.165) is 36.4 Å². The summed E-state index contributed by atoms with van der Waals surface area (Å²) in [7, 11) is 3.29. The van der Waals surface area contributed by atoms with Gasteiger partial charge >= 0.3 is 0 Å². The lowest BCUT2D eigenvalue weighted by Crippen LogP contribution is -2.41. The molecule has 1 amide bonds. The topological polar surface area (TPSA) is 74.6 Å². The van der Waals surface area contributed by atoms with Crippen LogP contribution in [0.2, 0.25) is 0 Å². The third kappa shape index (κ3) is 3.95. The Bertz CT molecular complexity index is 891. The predicted octanol–water partition coefficient (Wildman–Crippen LogP) is 3.74. The van der Waals surface area contributed by atoms with Crippen LogP contribution in [0.5, 0.6) is 11.5 Å². The van der Waals surface area contributed by atoms with E-state index < -0.39 is 0 Å². The Morgan fingerprint density at radius 1 is 1.25 bits per heavy atom. The van der Waals surface area contributed by atoms with Crippen LogP contribution in [-0.4, -0.2) is 37.6 Å². The summed E-state index contributed by atoms with van der Waals surface area (Å²) in [4.78, 5) is 15.1. The van der Waals surface area contributed by atoms with Gasteiger partial charge < -0.3 is 14.8 Å². The van der Waals surface area contributed by atoms with Crippen LogP contribution in [0.3, 0.4) is 0 Å². The smallest absolute Gasteiger partial charge is 0.241 e. The normalized spacial score (nSPS) is 17.6. The minimum Gasteiger partial charge on any atom is -0.497 e. The molecule has 28 heavy (non-hydrogen) atoms. The Morgan fingerprint density at radius 3 is 2.75 bits per heavy atom. The summed E-state index contributed by atoms with van der Waals surface area (Å²) < 4.78 is 10.9. The molecule has 1 N–H and O–H groups in total. The number of likely N-dealkylation sites (tertiary alicyclic amines) is 1. The van der Waals surface area contributed by atoms with E-state index in [4.69, 9.17) is 9.47 Å². The van der Waals surface area contributed by atoms with E-state index in [1.165, 1.54) is 0 Å². The van der Waals surface area contributed by atoms with E-state index in [1.54, 1.807) is 38.5 Å². The predicted molar refractivity (Wildman–Crippen MR) is 107 cm³/mol. The van der Waals surface area contributed by atoms with Crippen LogP contribution >= 0.6 is 0 Å². The van der Waals surface area contributed by atoms with E-state index in [2.05, 4.69) is 16.3 Å². The summed E-state index contributed by atoms with van der Waals surface area (Å²) in [6.45, 7) is 2.72. The molecule has 1 aliphatic heterocycles. The highest BCUT2D eigenvalue weighted by Gasteiger charge is 2.34. The van der Waals surface area contributed by atoms with Gasteiger partial charge in [-0.25, -0.2) is 0 Å². The molecule has 2 atom stereocenters. The SMILES string of the molecule is COc1ccc(OC)c([C@H]2CCCN2[C@@H](C)C(=O)Nc2ccccc2C#N)c1. The molecule has 0 radical (unpaired) electrons. The first kappa shape index (κ1) is 19.7. The third-order valence-electron chi connectivity index (χ3n) is 5.27. The van der Waals surface area contributed by atoms with E-state index in [-0.39, 0.29) is 18.0 Å². The van der Waals surface area contributed by atoms with Crippen LogP contribution in [0.1, 0.15) is 36.9 Å². The number of para-hydroxylation sites is 1. The number of ether oxygens (including phenoxy) is 2. The highest BCUT2D eigenvalue weighted by molar-refractivity contribution is 5.95. The van der Waals surface area contributed by atoms with Crippen LogP contribution in [-0.2, 0) is 4.79 Å². The van der Waals surface area contributed by atoms with Gasteiger partial charge in [-0.1, -0.05) is 12.1 Å². The molecule has 0 aliphatic carbocycles. The number of nitriles is 1. The molecule has 0 spiro atoms. The lowest BCUT2D eigenvalue weighted by molar-refractivity contribution is -0.121. The fourth-order valence-electron chi connectivity index (χ4n) is 3.76. The lowest BCUT2D eigenvalue weighted by Gasteiger charge is -2.31. The minimum atomic E-state index is -0.352. The van der Waals surface area contributed by atoms with Gasteiger partial charge in [0.2, 0.25) is 5.91 Å². The summed E-state index contributed by atoms with van der Waals surface area (Å²) in [6.07, 6.45) is 1.94. The Hall–Kier alpha value is -3.04. The van der Waals surface area contributed by atoms with Gasteiger partial charge in [-0.3, -0.25) is 9.69 Å². The van der Waals surface area contributed by atoms with Crippen molar-refractivity contribution >= 4 is 11.6 Å². The summed E-state index contributed by atoms with van der Waals surface area (Å²) in [5, 5.41) is 12.1. The molecule has 0 saturated carbocycles. The van der Waals surface area contributed by atoms with Gasteiger partial charge in [0.15, 0.2) is 0 Å². The number of amides is 1. The van der Waals surface area contributed by atoms with Crippen molar-refractivity contribution < 1.29 is 14.3 Å². The number of carbonyl (C=O) groups is 1. The molecular formula is C22H25N3O3. The number of rotatable bonds is 6. The maximum Gasteiger partial charge on any atom is 0.241 e. The molecule has 2 aromatic carbocycles. The number of hydrogen-bond acceptors (Lipinski definition) is 5. The molecule has 1 saturated heterocycles. The van der Waals surface area contributed by atoms with E-state index >= 15 is 0 Å². The van der Waals surface area contributed by atoms with Gasteiger partial charge in [0.25, 0.3) is 0 Å². The fourth-order valence-corrected chi connectivity index (χ4v) is 3.76. The molecule has 0 aromatic heterocycles. The summed E-state index contributed by atoms with van der Waals surface area (Å²) in [5.74, 6) is 1.43. The maximum atomic E-state index is 12.9. The van der Waals surface area contributed by atoms with Gasteiger partial charge in [0.1, 0.15) is 17.6 Å². The maximum absolute atomic E-state index is 12.9. The number of nitrogens with one attached hydrogen (secondary N) is 1. The molecule has 6 nitrogen and oxygen atoms in total. The monoisotopic (exact) mass is 379 g/mol. The van der Waals surface area contributed by atoms with Crippen LogP contribution < -0.4 is 14.8 Å². The number of methoxy groups -OCH3 is 2. The van der Waals surface area contributed by atoms with Crippen LogP contribution in [0.4, 0.5) is 5.69 Å². The zero-order valence-electron chi connectivity index (χ0n) is 16.4. The van der Waals surface area contributed by atoms with Crippen molar-refractivity contribution in [3.8, 4) is 17.6 Å². The van der Waals surface area contributed by atoms with Crippen molar-refractivity contribution in [2.45, 2.75) is 31.8 Å². The first-order valence-corrected chi connectivity index (χ1v) is 9.36. The van der Waals surface area contributed by atoms with Crippen molar-refractivity contribution in [2.24, 2.45) is 0 Å². The molecule has 1 aliphatic rings. The van der Waals surface area contributed by atoms with Gasteiger partial charge in [-0.15, -0.1) is 0 Å². The summed E-state index contributed by atoms with van der Waals surface area (Å²) in [5.41, 5.74) is 2.02. The highest BCUT2D eigenvalue weighted by Crippen LogP contribution is 2.40. The number of hydrogen-bond donors (Lipinski definition) is 1. The minimum absolute atomic E-state index is 0.0667. The first-order chi connectivity index (χ1) is 13.6. The van der Waals surface area contributed by atoms with Crippen molar-refractivity contribution in [3.63, 3.8) is 0 Å². The van der Waals surface area contributed by atoms with E-state index in [9.17, 15) is 10.1 Å². The van der Waals surface area contributed by atoms with Crippen molar-refractivity contribution in [1.29, 1.82) is 5.26 Å². The zero-order valence-corrected chi connectivity index (χ0v) is 16.4. The molecule has 0 bridgehead atoms. The van der Waals surface area contributed by atoms with Crippen LogP contribution in [0.25, 0.3) is 0 Å². The second-order valence-electron chi connectivity index (χ2n) is 6.83. The largest absolute Gasteiger partial charge is 0.497 e. The molecule has 1 heterocycles. The van der Waals surface area contributed by atoms with Gasteiger partial charge in [-0.05, 0) is 56.6 Å². The Morgan fingerprint density at radius 2 is 2.04 bits per heavy atom. The van der Waals surface area contributed by atoms with Crippen molar-refractivity contribution in [1.82, 2.24) is 4.90 Å². The van der Waals surface area contributed by atoms with Crippen LogP contribution in [0, 0.1) is 11.3 Å². The second kappa shape index (κ2) is 8.77. The summed E-state index contributed by atoms with van der Waals surface area (Å²) >= 11 is 0. The molecule has 6 heteroatoms. The lowest BCUT2D eigenvalue weighted by atomic mass is 10.0. The second-order valence-corrected chi connectivity index (χ2v) is 6.83. The molecule has 2 aromatic rings. The summed E-state index contributed by atoms with van der Waals surface area (Å²) in [6, 6.07) is 14.6. The van der Waals surface area contributed by atoms with E-state index in [1.807, 2.05) is 25.1 Å². The Labute approximate surface area is 165 Å². The average molecular weight is 379 g/mol. The Kier molecular flexibility index (Phi) is 6.17. The number of anilines is 1. The number of benzene rings is 2. The molecule has 0 unspecified atom stereocenters. The quantitative estimate of drug-likeness (QED) is 0.828. The standard InChI is InChI=1S/C22H25N3O3/c1-15(22(26)24-19-8-5-4-7-16(19)14-23)25-12-6-9-20(25)18-13-17(27-2)10-11-21(18)28-3/h4-5,7-8,10-11,13,15,20H,6,9,12H2,1-3H3,(H,24,26)/t15-,20+/m0/s1. The van der Waals surface area contributed by atoms with Crippen LogP contribution in [0.15, 0.2) is 42.5 Å². The first-order valence-electron chi connectivity index (χ1n) is 9.36. The molecular weight excluding hydrogens is 354 g/mol. The molecule has 146 valence electrons. The zero-order chi connectivity index (χ0) is 20.1. The van der Waals surface area contributed by atoms with E-state index in [0.29, 0.717) is 11.3 Å². The van der Waals surface area contributed by atoms with Gasteiger partial charge in [-0.2, -0.15) is 5.26 Å². The molecule has 3 rings (SSSR count). The van der Waals surface area contributed by atoms with Gasteiger partial charge in [0, 0.05) is 11.6 Å². The average Bonchev–Trinajstić information content (AvgIpc) is 3.22. The third-order valence-corrected chi connectivity index (χ3v) is 5.27. The van der Waals surface area contributed by atoms with Crippen molar-refractivity contribution in [3.05, 3.63) is 53.6 Å². The van der Waals surface area contributed by atoms with Crippen molar-refractivity contribution in [2.75, 3.05) is 26.1 Å². The Balaban J connectivity index is 1.82. The number of carbonyl (C=O) groups excluding carboxylic acids is 1. The highest BCUT2D eigenvalue weighted by atomic mass is 16.5. The van der Waals surface area contributed by atoms with Gasteiger partial charge in [0.05, 0.1) is 31.5 Å². The fraction of sp³-hybridized carbons (Fsp3) is 0.364. The molecule has 1 fully saturated rings. The number of nitrogens with zero attached hydrogens (tertiary/aromatic N) is 2.